The van der Waals surface area contributed by atoms with Crippen LogP contribution in [0.2, 0.25) is 0 Å². The summed E-state index contributed by atoms with van der Waals surface area (Å²) >= 11 is 0. The molecule has 0 aliphatic heterocycles. The van der Waals surface area contributed by atoms with Crippen molar-refractivity contribution >= 4 is 22.8 Å². The lowest BCUT2D eigenvalue weighted by atomic mass is 10.2. The highest BCUT2D eigenvalue weighted by Gasteiger charge is 2.11. The number of fused-ring (bicyclic) bond motifs is 1. The molecule has 132 valence electrons. The number of para-hydroxylation sites is 2. The summed E-state index contributed by atoms with van der Waals surface area (Å²) in [6, 6.07) is 27.1. The summed E-state index contributed by atoms with van der Waals surface area (Å²) in [4.78, 5) is 15.8. The quantitative estimate of drug-likeness (QED) is 0.246. The monoisotopic (exact) mass is 355 g/mol. The molecule has 0 aliphatic carbocycles. The molecule has 4 rings (SSSR count). The number of hydrazone groups is 1. The number of amidine groups is 1. The molecule has 6 nitrogen and oxygen atoms in total. The van der Waals surface area contributed by atoms with Crippen molar-refractivity contribution in [3.8, 4) is 0 Å². The Morgan fingerprint density at radius 3 is 2.30 bits per heavy atom. The summed E-state index contributed by atoms with van der Waals surface area (Å²) in [5.74, 6) is 0.631. The van der Waals surface area contributed by atoms with E-state index in [0.29, 0.717) is 18.1 Å². The Morgan fingerprint density at radius 2 is 1.56 bits per heavy atom. The minimum Gasteiger partial charge on any atom is -0.304 e. The summed E-state index contributed by atoms with van der Waals surface area (Å²) in [5.41, 5.74) is 6.54. The molecule has 0 aliphatic rings. The number of anilines is 1. The molecule has 0 saturated carbocycles. The van der Waals surface area contributed by atoms with Crippen LogP contribution in [0.5, 0.6) is 0 Å². The summed E-state index contributed by atoms with van der Waals surface area (Å²) in [5, 5.41) is 7.23. The second kappa shape index (κ2) is 7.61. The minimum absolute atomic E-state index is 0.0777. The molecule has 0 amide bonds. The van der Waals surface area contributed by atoms with Crippen LogP contribution >= 0.6 is 0 Å². The van der Waals surface area contributed by atoms with E-state index in [-0.39, 0.29) is 5.84 Å². The summed E-state index contributed by atoms with van der Waals surface area (Å²) in [7, 11) is 0. The summed E-state index contributed by atoms with van der Waals surface area (Å²) in [6.07, 6.45) is 0. The molecule has 4 aromatic rings. The van der Waals surface area contributed by atoms with Gasteiger partial charge in [-0.05, 0) is 22.9 Å². The van der Waals surface area contributed by atoms with Gasteiger partial charge in [-0.2, -0.15) is 0 Å². The van der Waals surface area contributed by atoms with Crippen LogP contribution in [0.3, 0.4) is 0 Å². The lowest BCUT2D eigenvalue weighted by Crippen LogP contribution is -2.07. The highest BCUT2D eigenvalue weighted by Crippen LogP contribution is 2.21. The van der Waals surface area contributed by atoms with Gasteiger partial charge in [0.15, 0.2) is 0 Å². The molecule has 0 atom stereocenters. The first-order valence-corrected chi connectivity index (χ1v) is 8.57. The Morgan fingerprint density at radius 1 is 0.889 bits per heavy atom. The fourth-order valence-corrected chi connectivity index (χ4v) is 2.91. The number of hydrogen-bond donors (Lipinski definition) is 1. The Hall–Kier alpha value is -3.80. The molecular formula is C21H17N5O. The number of aromatic nitrogens is 2. The number of benzene rings is 3. The van der Waals surface area contributed by atoms with Crippen molar-refractivity contribution in [1.82, 2.24) is 9.55 Å². The Balaban J connectivity index is 1.71. The molecular weight excluding hydrogens is 338 g/mol. The maximum absolute atomic E-state index is 11.2. The smallest absolute Gasteiger partial charge is 0.225 e. The first-order valence-electron chi connectivity index (χ1n) is 8.57. The fraction of sp³-hybridized carbons (Fsp3) is 0.0476. The van der Waals surface area contributed by atoms with Crippen LogP contribution < -0.4 is 5.43 Å². The lowest BCUT2D eigenvalue weighted by molar-refractivity contribution is 0.827. The van der Waals surface area contributed by atoms with E-state index >= 15 is 0 Å². The zero-order valence-corrected chi connectivity index (χ0v) is 14.5. The number of nitroso groups, excluding NO2 is 1. The van der Waals surface area contributed by atoms with Gasteiger partial charge in [0.05, 0.1) is 17.6 Å². The molecule has 1 heterocycles. The largest absolute Gasteiger partial charge is 0.304 e. The van der Waals surface area contributed by atoms with Crippen molar-refractivity contribution in [2.45, 2.75) is 6.54 Å². The second-order valence-electron chi connectivity index (χ2n) is 6.00. The van der Waals surface area contributed by atoms with E-state index in [4.69, 9.17) is 0 Å². The van der Waals surface area contributed by atoms with Gasteiger partial charge in [0.1, 0.15) is 0 Å². The molecule has 0 fully saturated rings. The fourth-order valence-electron chi connectivity index (χ4n) is 2.91. The van der Waals surface area contributed by atoms with Crippen LogP contribution in [0.15, 0.2) is 95.2 Å². The number of nitrogens with one attached hydrogen (secondary N) is 1. The van der Waals surface area contributed by atoms with Crippen LogP contribution in [-0.4, -0.2) is 15.4 Å². The predicted molar refractivity (Wildman–Crippen MR) is 108 cm³/mol. The van der Waals surface area contributed by atoms with Crippen molar-refractivity contribution in [3.63, 3.8) is 0 Å². The molecule has 6 heteroatoms. The topological polar surface area (TPSA) is 71.6 Å². The zero-order valence-electron chi connectivity index (χ0n) is 14.5. The third kappa shape index (κ3) is 3.59. The van der Waals surface area contributed by atoms with E-state index in [9.17, 15) is 4.91 Å². The third-order valence-electron chi connectivity index (χ3n) is 4.22. The highest BCUT2D eigenvalue weighted by molar-refractivity contribution is 5.99. The predicted octanol–water partition coefficient (Wildman–Crippen LogP) is 4.62. The van der Waals surface area contributed by atoms with E-state index in [2.05, 4.69) is 32.8 Å². The molecule has 3 aromatic carbocycles. The first-order chi connectivity index (χ1) is 13.3. The Labute approximate surface area is 156 Å². The maximum atomic E-state index is 11.2. The number of nitrogens with zero attached hydrogens (tertiary/aromatic N) is 4. The molecule has 1 N–H and O–H groups in total. The maximum Gasteiger partial charge on any atom is 0.225 e. The van der Waals surface area contributed by atoms with Crippen molar-refractivity contribution in [2.75, 3.05) is 5.43 Å². The van der Waals surface area contributed by atoms with Crippen LogP contribution in [0, 0.1) is 4.91 Å². The van der Waals surface area contributed by atoms with Gasteiger partial charge in [0, 0.05) is 5.56 Å². The standard InChI is InChI=1S/C21H17N5O/c27-25-20(17-11-5-2-6-12-17)23-24-21-22-18-13-7-8-14-19(18)26(21)15-16-9-3-1-4-10-16/h1-14H,15H2,(H,22,24)/b23-20+. The SMILES string of the molecule is O=N/C(=N/Nc1nc2ccccc2n1Cc1ccccc1)c1ccccc1. The third-order valence-corrected chi connectivity index (χ3v) is 4.22. The molecule has 0 bridgehead atoms. The van der Waals surface area contributed by atoms with E-state index in [0.717, 1.165) is 16.6 Å². The number of imidazole rings is 1. The van der Waals surface area contributed by atoms with Gasteiger partial charge in [-0.3, -0.25) is 0 Å². The molecule has 0 unspecified atom stereocenters. The Kier molecular flexibility index (Phi) is 4.70. The van der Waals surface area contributed by atoms with Crippen molar-refractivity contribution < 1.29 is 0 Å². The lowest BCUT2D eigenvalue weighted by Gasteiger charge is -2.09. The average molecular weight is 355 g/mol. The van der Waals surface area contributed by atoms with Gasteiger partial charge in [0.25, 0.3) is 0 Å². The average Bonchev–Trinajstić information content (AvgIpc) is 3.07. The summed E-state index contributed by atoms with van der Waals surface area (Å²) in [6.45, 7) is 0.633. The van der Waals surface area contributed by atoms with Crippen LogP contribution in [0.1, 0.15) is 11.1 Å². The molecule has 0 saturated heterocycles. The molecule has 0 spiro atoms. The van der Waals surface area contributed by atoms with Crippen molar-refractivity contribution in [1.29, 1.82) is 0 Å². The van der Waals surface area contributed by atoms with Crippen LogP contribution in [-0.2, 0) is 6.54 Å². The van der Waals surface area contributed by atoms with Gasteiger partial charge < -0.3 is 4.57 Å². The van der Waals surface area contributed by atoms with Crippen molar-refractivity contribution in [2.24, 2.45) is 10.3 Å². The summed E-state index contributed by atoms with van der Waals surface area (Å²) < 4.78 is 2.03. The Bertz CT molecular complexity index is 1090. The number of rotatable bonds is 5. The van der Waals surface area contributed by atoms with Crippen molar-refractivity contribution in [3.05, 3.63) is 101 Å². The van der Waals surface area contributed by atoms with Gasteiger partial charge in [0.2, 0.25) is 11.8 Å². The van der Waals surface area contributed by atoms with E-state index < -0.39 is 0 Å². The van der Waals surface area contributed by atoms with Gasteiger partial charge in [-0.1, -0.05) is 72.8 Å². The molecule has 0 radical (unpaired) electrons. The van der Waals surface area contributed by atoms with E-state index in [1.807, 2.05) is 65.2 Å². The van der Waals surface area contributed by atoms with Crippen LogP contribution in [0.4, 0.5) is 5.95 Å². The van der Waals surface area contributed by atoms with E-state index in [1.165, 1.54) is 0 Å². The molecule has 1 aromatic heterocycles. The van der Waals surface area contributed by atoms with Crippen LogP contribution in [0.25, 0.3) is 11.0 Å². The van der Waals surface area contributed by atoms with Gasteiger partial charge in [-0.15, -0.1) is 10.0 Å². The van der Waals surface area contributed by atoms with Gasteiger partial charge in [-0.25, -0.2) is 10.4 Å². The zero-order chi connectivity index (χ0) is 18.5. The van der Waals surface area contributed by atoms with E-state index in [1.54, 1.807) is 12.1 Å². The second-order valence-corrected chi connectivity index (χ2v) is 6.00. The number of hydrogen-bond acceptors (Lipinski definition) is 4. The normalized spacial score (nSPS) is 11.5. The van der Waals surface area contributed by atoms with Gasteiger partial charge >= 0.3 is 0 Å². The minimum atomic E-state index is 0.0777. The molecule has 27 heavy (non-hydrogen) atoms. The first kappa shape index (κ1) is 16.7. The highest BCUT2D eigenvalue weighted by atomic mass is 16.3.